The van der Waals surface area contributed by atoms with E-state index in [0.717, 1.165) is 17.1 Å². The van der Waals surface area contributed by atoms with Gasteiger partial charge in [0.25, 0.3) is 0 Å². The standard InChI is InChI=1S/C46H29N3/c1-3-13-32-27-34(23-21-30(32)11-1)48-43-20-10-7-17-39(43)45-46(48)40-26-25-36(47-41-18-8-5-15-37(41)38-16-6-9-19-42(38)47)29-44(40)49(45)35-24-22-31-12-2-4-14-33(31)28-35/h1-29H. The summed E-state index contributed by atoms with van der Waals surface area (Å²) in [6.45, 7) is 0. The Morgan fingerprint density at radius 1 is 0.245 bits per heavy atom. The SMILES string of the molecule is c1ccc2cc(-n3c4ccccc4c4c3c3ccc(-n5c6ccccc6c6ccccc65)cc3n4-c3ccc4ccccc4c3)ccc2c1. The molecule has 3 heteroatoms. The van der Waals surface area contributed by atoms with Crippen LogP contribution in [0.1, 0.15) is 0 Å². The van der Waals surface area contributed by atoms with E-state index in [0.29, 0.717) is 0 Å². The summed E-state index contributed by atoms with van der Waals surface area (Å²) >= 11 is 0. The summed E-state index contributed by atoms with van der Waals surface area (Å²) in [6, 6.07) is 64.3. The summed E-state index contributed by atoms with van der Waals surface area (Å²) in [4.78, 5) is 0. The molecule has 8 aromatic carbocycles. The van der Waals surface area contributed by atoms with Crippen molar-refractivity contribution in [3.63, 3.8) is 0 Å². The maximum absolute atomic E-state index is 2.49. The molecule has 0 aliphatic carbocycles. The number of rotatable bonds is 3. The zero-order valence-electron chi connectivity index (χ0n) is 26.6. The maximum Gasteiger partial charge on any atom is 0.0803 e. The summed E-state index contributed by atoms with van der Waals surface area (Å²) in [7, 11) is 0. The number of fused-ring (bicyclic) bond motifs is 10. The summed E-state index contributed by atoms with van der Waals surface area (Å²) in [5.41, 5.74) is 10.7. The van der Waals surface area contributed by atoms with Crippen LogP contribution in [-0.4, -0.2) is 13.7 Å². The first-order valence-corrected chi connectivity index (χ1v) is 16.9. The van der Waals surface area contributed by atoms with Crippen LogP contribution < -0.4 is 0 Å². The van der Waals surface area contributed by atoms with E-state index >= 15 is 0 Å². The highest BCUT2D eigenvalue weighted by atomic mass is 15.1. The van der Waals surface area contributed by atoms with E-state index in [9.17, 15) is 0 Å². The van der Waals surface area contributed by atoms with Crippen LogP contribution in [0, 0.1) is 0 Å². The Hall–Kier alpha value is -6.58. The van der Waals surface area contributed by atoms with Crippen LogP contribution in [0.15, 0.2) is 176 Å². The Labute approximate surface area is 282 Å². The van der Waals surface area contributed by atoms with Crippen LogP contribution in [0.2, 0.25) is 0 Å². The van der Waals surface area contributed by atoms with Gasteiger partial charge in [0.15, 0.2) is 0 Å². The number of hydrogen-bond acceptors (Lipinski definition) is 0. The van der Waals surface area contributed by atoms with Crippen molar-refractivity contribution in [3.8, 4) is 17.1 Å². The van der Waals surface area contributed by atoms with Gasteiger partial charge in [0.1, 0.15) is 0 Å². The van der Waals surface area contributed by atoms with Crippen LogP contribution in [0.4, 0.5) is 0 Å². The zero-order valence-corrected chi connectivity index (χ0v) is 26.6. The van der Waals surface area contributed by atoms with Gasteiger partial charge in [-0.05, 0) is 82.2 Å². The zero-order chi connectivity index (χ0) is 32.1. The summed E-state index contributed by atoms with van der Waals surface area (Å²) in [6.07, 6.45) is 0. The summed E-state index contributed by atoms with van der Waals surface area (Å²) < 4.78 is 7.38. The molecule has 0 radical (unpaired) electrons. The minimum absolute atomic E-state index is 1.15. The molecule has 228 valence electrons. The third-order valence-corrected chi connectivity index (χ3v) is 10.4. The van der Waals surface area contributed by atoms with E-state index in [-0.39, 0.29) is 0 Å². The number of hydrogen-bond donors (Lipinski definition) is 0. The molecule has 3 aromatic heterocycles. The number of benzene rings is 8. The van der Waals surface area contributed by atoms with Gasteiger partial charge in [-0.15, -0.1) is 0 Å². The van der Waals surface area contributed by atoms with E-state index in [4.69, 9.17) is 0 Å². The van der Waals surface area contributed by atoms with Crippen molar-refractivity contribution in [2.45, 2.75) is 0 Å². The average molecular weight is 624 g/mol. The fourth-order valence-corrected chi connectivity index (χ4v) is 8.23. The fourth-order valence-electron chi connectivity index (χ4n) is 8.23. The highest BCUT2D eigenvalue weighted by molar-refractivity contribution is 6.20. The predicted molar refractivity (Wildman–Crippen MR) is 207 cm³/mol. The van der Waals surface area contributed by atoms with Crippen molar-refractivity contribution in [3.05, 3.63) is 176 Å². The van der Waals surface area contributed by atoms with Crippen molar-refractivity contribution in [1.82, 2.24) is 13.7 Å². The molecule has 3 heterocycles. The molecule has 49 heavy (non-hydrogen) atoms. The van der Waals surface area contributed by atoms with Crippen LogP contribution >= 0.6 is 0 Å². The topological polar surface area (TPSA) is 14.8 Å². The molecule has 0 aliphatic rings. The minimum atomic E-state index is 1.15. The van der Waals surface area contributed by atoms with E-state index in [1.807, 2.05) is 0 Å². The second kappa shape index (κ2) is 9.96. The highest BCUT2D eigenvalue weighted by Gasteiger charge is 2.23. The molecule has 0 atom stereocenters. The van der Waals surface area contributed by atoms with Crippen molar-refractivity contribution in [2.75, 3.05) is 0 Å². The lowest BCUT2D eigenvalue weighted by atomic mass is 10.1. The first-order chi connectivity index (χ1) is 24.3. The van der Waals surface area contributed by atoms with Crippen LogP contribution in [-0.2, 0) is 0 Å². The van der Waals surface area contributed by atoms with Gasteiger partial charge in [-0.2, -0.15) is 0 Å². The molecule has 0 fully saturated rings. The molecule has 11 rings (SSSR count). The molecule has 0 amide bonds. The molecule has 0 aliphatic heterocycles. The molecular formula is C46H29N3. The third-order valence-electron chi connectivity index (χ3n) is 10.4. The van der Waals surface area contributed by atoms with Gasteiger partial charge in [0, 0.05) is 38.6 Å². The number of aromatic nitrogens is 3. The Morgan fingerprint density at radius 3 is 1.20 bits per heavy atom. The van der Waals surface area contributed by atoms with Gasteiger partial charge in [-0.25, -0.2) is 0 Å². The third kappa shape index (κ3) is 3.73. The summed E-state index contributed by atoms with van der Waals surface area (Å²) in [5, 5.41) is 9.93. The van der Waals surface area contributed by atoms with Gasteiger partial charge < -0.3 is 13.7 Å². The molecule has 0 bridgehead atoms. The van der Waals surface area contributed by atoms with Gasteiger partial charge >= 0.3 is 0 Å². The first-order valence-electron chi connectivity index (χ1n) is 16.9. The maximum atomic E-state index is 2.49. The Morgan fingerprint density at radius 2 is 0.633 bits per heavy atom. The largest absolute Gasteiger partial charge is 0.309 e. The molecule has 0 N–H and O–H groups in total. The van der Waals surface area contributed by atoms with E-state index in [1.54, 1.807) is 0 Å². The van der Waals surface area contributed by atoms with Crippen molar-refractivity contribution in [2.24, 2.45) is 0 Å². The smallest absolute Gasteiger partial charge is 0.0803 e. The fraction of sp³-hybridized carbons (Fsp3) is 0. The van der Waals surface area contributed by atoms with Crippen molar-refractivity contribution in [1.29, 1.82) is 0 Å². The lowest BCUT2D eigenvalue weighted by molar-refractivity contribution is 1.16. The first kappa shape index (κ1) is 26.5. The van der Waals surface area contributed by atoms with Crippen molar-refractivity contribution >= 4 is 76.2 Å². The minimum Gasteiger partial charge on any atom is -0.309 e. The molecule has 0 saturated carbocycles. The molecule has 3 nitrogen and oxygen atoms in total. The van der Waals surface area contributed by atoms with Gasteiger partial charge in [0.05, 0.1) is 33.1 Å². The molecular weight excluding hydrogens is 595 g/mol. The molecule has 0 unspecified atom stereocenters. The van der Waals surface area contributed by atoms with E-state index in [1.165, 1.54) is 76.2 Å². The quantitative estimate of drug-likeness (QED) is 0.186. The van der Waals surface area contributed by atoms with Crippen LogP contribution in [0.25, 0.3) is 93.3 Å². The second-order valence-corrected chi connectivity index (χ2v) is 13.0. The van der Waals surface area contributed by atoms with Crippen molar-refractivity contribution < 1.29 is 0 Å². The number of nitrogens with zero attached hydrogens (tertiary/aromatic N) is 3. The predicted octanol–water partition coefficient (Wildman–Crippen LogP) is 12.1. The summed E-state index contributed by atoms with van der Waals surface area (Å²) in [5.74, 6) is 0. The van der Waals surface area contributed by atoms with Gasteiger partial charge in [-0.1, -0.05) is 115 Å². The molecule has 0 spiro atoms. The average Bonchev–Trinajstić information content (AvgIpc) is 3.80. The van der Waals surface area contributed by atoms with Gasteiger partial charge in [0.2, 0.25) is 0 Å². The Balaban J connectivity index is 1.30. The highest BCUT2D eigenvalue weighted by Crippen LogP contribution is 2.43. The number of para-hydroxylation sites is 3. The van der Waals surface area contributed by atoms with Gasteiger partial charge in [-0.3, -0.25) is 0 Å². The lowest BCUT2D eigenvalue weighted by Crippen LogP contribution is -1.97. The second-order valence-electron chi connectivity index (χ2n) is 13.0. The Kier molecular flexibility index (Phi) is 5.38. The normalized spacial score (nSPS) is 12.1. The van der Waals surface area contributed by atoms with E-state index < -0.39 is 0 Å². The van der Waals surface area contributed by atoms with Crippen LogP contribution in [0.3, 0.4) is 0 Å². The Bertz CT molecular complexity index is 3060. The molecule has 0 saturated heterocycles. The monoisotopic (exact) mass is 623 g/mol. The molecule has 11 aromatic rings. The lowest BCUT2D eigenvalue weighted by Gasteiger charge is -2.13. The van der Waals surface area contributed by atoms with E-state index in [2.05, 4.69) is 190 Å². The van der Waals surface area contributed by atoms with Crippen LogP contribution in [0.5, 0.6) is 0 Å².